The minimum Gasteiger partial charge on any atom is -0.271 e. The molecule has 3 nitrogen and oxygen atoms in total. The van der Waals surface area contributed by atoms with E-state index in [2.05, 4.69) is 47.7 Å². The molecule has 0 fully saturated rings. The summed E-state index contributed by atoms with van der Waals surface area (Å²) in [6.07, 6.45) is 4.13. The van der Waals surface area contributed by atoms with Crippen LogP contribution in [-0.4, -0.2) is 16.8 Å². The summed E-state index contributed by atoms with van der Waals surface area (Å²) in [6, 6.07) is 13.1. The maximum atomic E-state index is 5.81. The fourth-order valence-corrected chi connectivity index (χ4v) is 4.15. The Bertz CT molecular complexity index is 614. The molecule has 1 aromatic carbocycles. The lowest BCUT2D eigenvalue weighted by atomic mass is 9.99. The molecule has 3 rings (SSSR count). The number of nitrogens with zero attached hydrogens (tertiary/aromatic N) is 1. The molecule has 0 amide bonds. The zero-order valence-corrected chi connectivity index (χ0v) is 13.1. The standard InChI is InChI=1S/C17H21N3S/c1-12-4-2-6-14(10-12)21-11-16(20-18)15-8-7-13-5-3-9-19-17(13)15/h2-6,9-10,15-16,20H,7-8,11,18H2,1H3. The molecule has 110 valence electrons. The molecule has 3 N–H and O–H groups in total. The van der Waals surface area contributed by atoms with Gasteiger partial charge in [0, 0.05) is 34.5 Å². The van der Waals surface area contributed by atoms with Crippen molar-refractivity contribution in [3.8, 4) is 0 Å². The fraction of sp³-hybridized carbons (Fsp3) is 0.353. The number of benzene rings is 1. The lowest BCUT2D eigenvalue weighted by Crippen LogP contribution is -2.41. The van der Waals surface area contributed by atoms with Gasteiger partial charge >= 0.3 is 0 Å². The summed E-state index contributed by atoms with van der Waals surface area (Å²) in [4.78, 5) is 5.87. The Morgan fingerprint density at radius 2 is 2.29 bits per heavy atom. The average Bonchev–Trinajstić information content (AvgIpc) is 2.92. The summed E-state index contributed by atoms with van der Waals surface area (Å²) in [5.74, 6) is 7.19. The van der Waals surface area contributed by atoms with E-state index in [-0.39, 0.29) is 6.04 Å². The van der Waals surface area contributed by atoms with Crippen molar-refractivity contribution in [2.24, 2.45) is 5.84 Å². The molecule has 21 heavy (non-hydrogen) atoms. The van der Waals surface area contributed by atoms with Crippen molar-refractivity contribution in [1.82, 2.24) is 10.4 Å². The zero-order valence-electron chi connectivity index (χ0n) is 12.3. The number of hydrogen-bond acceptors (Lipinski definition) is 4. The molecule has 2 aromatic rings. The van der Waals surface area contributed by atoms with Gasteiger partial charge < -0.3 is 0 Å². The highest BCUT2D eigenvalue weighted by Gasteiger charge is 2.30. The van der Waals surface area contributed by atoms with Gasteiger partial charge in [0.05, 0.1) is 0 Å². The summed E-state index contributed by atoms with van der Waals surface area (Å²) < 4.78 is 0. The van der Waals surface area contributed by atoms with Crippen LogP contribution in [-0.2, 0) is 6.42 Å². The molecule has 1 aliphatic carbocycles. The van der Waals surface area contributed by atoms with Gasteiger partial charge in [-0.25, -0.2) is 0 Å². The minimum absolute atomic E-state index is 0.256. The number of pyridine rings is 1. The van der Waals surface area contributed by atoms with Gasteiger partial charge in [0.2, 0.25) is 0 Å². The molecular weight excluding hydrogens is 278 g/mol. The van der Waals surface area contributed by atoms with E-state index in [0.29, 0.717) is 5.92 Å². The Balaban J connectivity index is 1.69. The van der Waals surface area contributed by atoms with Gasteiger partial charge in [0.1, 0.15) is 0 Å². The lowest BCUT2D eigenvalue weighted by Gasteiger charge is -2.22. The normalized spacial score (nSPS) is 18.5. The van der Waals surface area contributed by atoms with Crippen molar-refractivity contribution in [1.29, 1.82) is 0 Å². The van der Waals surface area contributed by atoms with E-state index in [0.717, 1.165) is 18.6 Å². The highest BCUT2D eigenvalue weighted by atomic mass is 32.2. The van der Waals surface area contributed by atoms with Gasteiger partial charge in [-0.3, -0.25) is 16.3 Å². The fourth-order valence-electron chi connectivity index (χ4n) is 3.01. The van der Waals surface area contributed by atoms with Crippen molar-refractivity contribution < 1.29 is 0 Å². The molecule has 0 radical (unpaired) electrons. The van der Waals surface area contributed by atoms with Crippen LogP contribution in [0.5, 0.6) is 0 Å². The van der Waals surface area contributed by atoms with Gasteiger partial charge in [0.15, 0.2) is 0 Å². The predicted molar refractivity (Wildman–Crippen MR) is 88.3 cm³/mol. The second-order valence-electron chi connectivity index (χ2n) is 5.59. The average molecular weight is 299 g/mol. The van der Waals surface area contributed by atoms with Crippen LogP contribution in [0.15, 0.2) is 47.5 Å². The molecule has 0 spiro atoms. The number of nitrogens with two attached hydrogens (primary N) is 1. The van der Waals surface area contributed by atoms with E-state index in [1.807, 2.05) is 24.0 Å². The molecule has 0 saturated carbocycles. The van der Waals surface area contributed by atoms with Crippen molar-refractivity contribution in [2.75, 3.05) is 5.75 Å². The molecule has 0 saturated heterocycles. The zero-order chi connectivity index (χ0) is 14.7. The van der Waals surface area contributed by atoms with Crippen LogP contribution in [0, 0.1) is 6.92 Å². The highest BCUT2D eigenvalue weighted by molar-refractivity contribution is 7.99. The maximum Gasteiger partial charge on any atom is 0.0482 e. The summed E-state index contributed by atoms with van der Waals surface area (Å²) >= 11 is 1.86. The summed E-state index contributed by atoms with van der Waals surface area (Å²) in [6.45, 7) is 2.12. The van der Waals surface area contributed by atoms with E-state index < -0.39 is 0 Å². The molecule has 4 heteroatoms. The van der Waals surface area contributed by atoms with E-state index in [4.69, 9.17) is 5.84 Å². The van der Waals surface area contributed by atoms with Gasteiger partial charge in [-0.05, 0) is 43.5 Å². The first-order valence-electron chi connectivity index (χ1n) is 7.37. The van der Waals surface area contributed by atoms with Crippen LogP contribution in [0.1, 0.15) is 29.2 Å². The van der Waals surface area contributed by atoms with Crippen LogP contribution in [0.2, 0.25) is 0 Å². The van der Waals surface area contributed by atoms with Crippen LogP contribution in [0.4, 0.5) is 0 Å². The molecule has 0 bridgehead atoms. The van der Waals surface area contributed by atoms with Gasteiger partial charge in [-0.1, -0.05) is 23.8 Å². The third-order valence-electron chi connectivity index (χ3n) is 4.12. The molecule has 1 heterocycles. The number of fused-ring (bicyclic) bond motifs is 1. The van der Waals surface area contributed by atoms with Gasteiger partial charge in [-0.2, -0.15) is 0 Å². The summed E-state index contributed by atoms with van der Waals surface area (Å²) in [5, 5.41) is 0. The molecule has 2 atom stereocenters. The van der Waals surface area contributed by atoms with E-state index >= 15 is 0 Å². The van der Waals surface area contributed by atoms with Crippen molar-refractivity contribution in [2.45, 2.75) is 36.6 Å². The smallest absolute Gasteiger partial charge is 0.0482 e. The monoisotopic (exact) mass is 299 g/mol. The molecule has 1 aromatic heterocycles. The predicted octanol–water partition coefficient (Wildman–Crippen LogP) is 3.04. The van der Waals surface area contributed by atoms with E-state index in [1.54, 1.807) is 0 Å². The Hall–Kier alpha value is -1.36. The molecular formula is C17H21N3S. The van der Waals surface area contributed by atoms with Gasteiger partial charge in [0.25, 0.3) is 0 Å². The number of hydrazine groups is 1. The van der Waals surface area contributed by atoms with Crippen LogP contribution in [0.3, 0.4) is 0 Å². The lowest BCUT2D eigenvalue weighted by molar-refractivity contribution is 0.468. The highest BCUT2D eigenvalue weighted by Crippen LogP contribution is 2.35. The minimum atomic E-state index is 0.256. The maximum absolute atomic E-state index is 5.81. The Labute approximate surface area is 130 Å². The number of hydrogen-bond donors (Lipinski definition) is 2. The number of rotatable bonds is 5. The van der Waals surface area contributed by atoms with Crippen molar-refractivity contribution >= 4 is 11.8 Å². The third-order valence-corrected chi connectivity index (χ3v) is 5.23. The van der Waals surface area contributed by atoms with Crippen LogP contribution >= 0.6 is 11.8 Å². The molecule has 2 unspecified atom stereocenters. The van der Waals surface area contributed by atoms with E-state index in [1.165, 1.54) is 21.7 Å². The molecule has 1 aliphatic rings. The van der Waals surface area contributed by atoms with Gasteiger partial charge in [-0.15, -0.1) is 11.8 Å². The Morgan fingerprint density at radius 1 is 1.38 bits per heavy atom. The SMILES string of the molecule is Cc1cccc(SCC(NN)C2CCc3cccnc32)c1. The van der Waals surface area contributed by atoms with Crippen molar-refractivity contribution in [3.63, 3.8) is 0 Å². The first-order chi connectivity index (χ1) is 10.3. The second-order valence-corrected chi connectivity index (χ2v) is 6.69. The number of aromatic nitrogens is 1. The number of nitrogens with one attached hydrogen (secondary N) is 1. The second kappa shape index (κ2) is 6.60. The first-order valence-corrected chi connectivity index (χ1v) is 8.36. The van der Waals surface area contributed by atoms with Crippen LogP contribution < -0.4 is 11.3 Å². The van der Waals surface area contributed by atoms with Crippen molar-refractivity contribution in [3.05, 3.63) is 59.4 Å². The molecule has 0 aliphatic heterocycles. The largest absolute Gasteiger partial charge is 0.271 e. The quantitative estimate of drug-likeness (QED) is 0.506. The topological polar surface area (TPSA) is 50.9 Å². The first kappa shape index (κ1) is 14.6. The number of aryl methyl sites for hydroxylation is 2. The third kappa shape index (κ3) is 3.28. The Kier molecular flexibility index (Phi) is 4.58. The van der Waals surface area contributed by atoms with Crippen LogP contribution in [0.25, 0.3) is 0 Å². The summed E-state index contributed by atoms with van der Waals surface area (Å²) in [5.41, 5.74) is 6.91. The summed E-state index contributed by atoms with van der Waals surface area (Å²) in [7, 11) is 0. The Morgan fingerprint density at radius 3 is 3.10 bits per heavy atom. The number of thioether (sulfide) groups is 1. The van der Waals surface area contributed by atoms with E-state index in [9.17, 15) is 0 Å².